The van der Waals surface area contributed by atoms with E-state index in [1.807, 2.05) is 21.7 Å². The van der Waals surface area contributed by atoms with Crippen LogP contribution >= 0.6 is 0 Å². The van der Waals surface area contributed by atoms with Gasteiger partial charge in [-0.3, -0.25) is 9.89 Å². The monoisotopic (exact) mass is 273 g/mol. The SMILES string of the molecule is C[C@@]1(c2ccn[nH]2)CCCN(C(=O)Cn2ccnc2)C1. The number of H-pyrrole nitrogens is 1. The lowest BCUT2D eigenvalue weighted by Crippen LogP contribution is -2.48. The maximum Gasteiger partial charge on any atom is 0.242 e. The predicted octanol–water partition coefficient (Wildman–Crippen LogP) is 1.19. The number of nitrogens with zero attached hydrogens (tertiary/aromatic N) is 4. The maximum atomic E-state index is 12.4. The smallest absolute Gasteiger partial charge is 0.242 e. The molecule has 0 unspecified atom stereocenters. The van der Waals surface area contributed by atoms with Crippen LogP contribution in [-0.4, -0.2) is 43.6 Å². The summed E-state index contributed by atoms with van der Waals surface area (Å²) < 4.78 is 1.81. The van der Waals surface area contributed by atoms with Crippen LogP contribution in [0.4, 0.5) is 0 Å². The highest BCUT2D eigenvalue weighted by molar-refractivity contribution is 5.76. The summed E-state index contributed by atoms with van der Waals surface area (Å²) in [5.74, 6) is 0.147. The summed E-state index contributed by atoms with van der Waals surface area (Å²) in [7, 11) is 0. The molecule has 1 saturated heterocycles. The molecule has 0 bridgehead atoms. The average Bonchev–Trinajstić information content (AvgIpc) is 3.12. The van der Waals surface area contributed by atoms with Crippen LogP contribution in [0.1, 0.15) is 25.5 Å². The lowest BCUT2D eigenvalue weighted by atomic mass is 9.79. The number of hydrogen-bond acceptors (Lipinski definition) is 3. The van der Waals surface area contributed by atoms with Gasteiger partial charge in [0.15, 0.2) is 0 Å². The van der Waals surface area contributed by atoms with Gasteiger partial charge in [0.1, 0.15) is 6.54 Å². The first-order valence-electron chi connectivity index (χ1n) is 6.91. The van der Waals surface area contributed by atoms with Crippen molar-refractivity contribution >= 4 is 5.91 Å². The molecule has 1 aliphatic rings. The van der Waals surface area contributed by atoms with Gasteiger partial charge in [0.25, 0.3) is 0 Å². The second-order valence-electron chi connectivity index (χ2n) is 5.68. The predicted molar refractivity (Wildman–Crippen MR) is 74.0 cm³/mol. The molecule has 2 aromatic heterocycles. The zero-order valence-corrected chi connectivity index (χ0v) is 11.6. The zero-order valence-electron chi connectivity index (χ0n) is 11.6. The van der Waals surface area contributed by atoms with Gasteiger partial charge in [0.05, 0.1) is 6.33 Å². The number of aromatic amines is 1. The molecule has 106 valence electrons. The fraction of sp³-hybridized carbons (Fsp3) is 0.500. The molecule has 0 radical (unpaired) electrons. The van der Waals surface area contributed by atoms with Crippen LogP contribution in [-0.2, 0) is 16.8 Å². The first kappa shape index (κ1) is 12.9. The van der Waals surface area contributed by atoms with E-state index in [0.717, 1.165) is 31.6 Å². The molecule has 1 aliphatic heterocycles. The van der Waals surface area contributed by atoms with E-state index in [1.54, 1.807) is 18.7 Å². The quantitative estimate of drug-likeness (QED) is 0.913. The molecule has 0 saturated carbocycles. The fourth-order valence-electron chi connectivity index (χ4n) is 2.90. The van der Waals surface area contributed by atoms with Crippen molar-refractivity contribution in [3.8, 4) is 0 Å². The van der Waals surface area contributed by atoms with Crippen LogP contribution in [0.3, 0.4) is 0 Å². The molecule has 1 fully saturated rings. The van der Waals surface area contributed by atoms with Crippen LogP contribution in [0.5, 0.6) is 0 Å². The molecular formula is C14H19N5O. The Morgan fingerprint density at radius 1 is 1.50 bits per heavy atom. The van der Waals surface area contributed by atoms with Gasteiger partial charge in [-0.05, 0) is 18.9 Å². The Labute approximate surface area is 117 Å². The molecule has 6 heteroatoms. The molecule has 3 heterocycles. The van der Waals surface area contributed by atoms with Crippen LogP contribution < -0.4 is 0 Å². The molecule has 0 aliphatic carbocycles. The van der Waals surface area contributed by atoms with Gasteiger partial charge in [0, 0.05) is 42.8 Å². The number of carbonyl (C=O) groups is 1. The number of piperidine rings is 1. The van der Waals surface area contributed by atoms with Crippen molar-refractivity contribution < 1.29 is 4.79 Å². The normalized spacial score (nSPS) is 22.9. The largest absolute Gasteiger partial charge is 0.340 e. The number of carbonyl (C=O) groups excluding carboxylic acids is 1. The lowest BCUT2D eigenvalue weighted by Gasteiger charge is -2.39. The van der Waals surface area contributed by atoms with E-state index in [4.69, 9.17) is 0 Å². The number of aromatic nitrogens is 4. The van der Waals surface area contributed by atoms with E-state index in [2.05, 4.69) is 22.1 Å². The van der Waals surface area contributed by atoms with Crippen molar-refractivity contribution in [3.63, 3.8) is 0 Å². The highest BCUT2D eigenvalue weighted by Gasteiger charge is 2.35. The molecule has 6 nitrogen and oxygen atoms in total. The second kappa shape index (κ2) is 5.11. The number of amides is 1. The molecule has 20 heavy (non-hydrogen) atoms. The molecule has 1 atom stereocenters. The standard InChI is InChI=1S/C14H19N5O/c1-14(12-3-5-16-17-12)4-2-7-19(10-14)13(20)9-18-8-6-15-11-18/h3,5-6,8,11H,2,4,7,9-10H2,1H3,(H,16,17)/t14-/m1/s1. The molecule has 2 aromatic rings. The van der Waals surface area contributed by atoms with Gasteiger partial charge in [-0.25, -0.2) is 4.98 Å². The number of likely N-dealkylation sites (tertiary alicyclic amines) is 1. The summed E-state index contributed by atoms with van der Waals surface area (Å²) in [4.78, 5) is 18.3. The topological polar surface area (TPSA) is 66.8 Å². The first-order valence-corrected chi connectivity index (χ1v) is 6.91. The minimum absolute atomic E-state index is 0.0284. The van der Waals surface area contributed by atoms with Crippen LogP contribution in [0.15, 0.2) is 31.0 Å². The van der Waals surface area contributed by atoms with Crippen molar-refractivity contribution in [3.05, 3.63) is 36.7 Å². The van der Waals surface area contributed by atoms with Crippen LogP contribution in [0.25, 0.3) is 0 Å². The molecule has 1 N–H and O–H groups in total. The Hall–Kier alpha value is -2.11. The van der Waals surface area contributed by atoms with Gasteiger partial charge >= 0.3 is 0 Å². The van der Waals surface area contributed by atoms with E-state index in [9.17, 15) is 4.79 Å². The average molecular weight is 273 g/mol. The number of nitrogens with one attached hydrogen (secondary N) is 1. The summed E-state index contributed by atoms with van der Waals surface area (Å²) in [6.07, 6.45) is 9.05. The van der Waals surface area contributed by atoms with Gasteiger partial charge in [0.2, 0.25) is 5.91 Å². The van der Waals surface area contributed by atoms with Crippen molar-refractivity contribution in [2.24, 2.45) is 0 Å². The van der Waals surface area contributed by atoms with Gasteiger partial charge in [-0.15, -0.1) is 0 Å². The minimum atomic E-state index is -0.0284. The number of hydrogen-bond donors (Lipinski definition) is 1. The second-order valence-corrected chi connectivity index (χ2v) is 5.68. The van der Waals surface area contributed by atoms with E-state index in [1.165, 1.54) is 0 Å². The van der Waals surface area contributed by atoms with Gasteiger partial charge in [-0.2, -0.15) is 5.10 Å². The lowest BCUT2D eigenvalue weighted by molar-refractivity contribution is -0.134. The van der Waals surface area contributed by atoms with E-state index < -0.39 is 0 Å². The fourth-order valence-corrected chi connectivity index (χ4v) is 2.90. The number of rotatable bonds is 3. The van der Waals surface area contributed by atoms with Crippen molar-refractivity contribution in [1.29, 1.82) is 0 Å². The highest BCUT2D eigenvalue weighted by Crippen LogP contribution is 2.32. The summed E-state index contributed by atoms with van der Waals surface area (Å²) >= 11 is 0. The summed E-state index contributed by atoms with van der Waals surface area (Å²) in [5, 5.41) is 7.08. The Balaban J connectivity index is 1.70. The Kier molecular flexibility index (Phi) is 3.30. The van der Waals surface area contributed by atoms with Crippen molar-refractivity contribution in [1.82, 2.24) is 24.6 Å². The minimum Gasteiger partial charge on any atom is -0.340 e. The third-order valence-corrected chi connectivity index (χ3v) is 4.08. The Morgan fingerprint density at radius 3 is 3.10 bits per heavy atom. The van der Waals surface area contributed by atoms with Gasteiger partial charge in [-0.1, -0.05) is 6.92 Å². The van der Waals surface area contributed by atoms with Gasteiger partial charge < -0.3 is 9.47 Å². The molecular weight excluding hydrogens is 254 g/mol. The molecule has 3 rings (SSSR count). The Bertz CT molecular complexity index is 562. The summed E-state index contributed by atoms with van der Waals surface area (Å²) in [6.45, 7) is 4.12. The number of imidazole rings is 1. The van der Waals surface area contributed by atoms with Crippen LogP contribution in [0.2, 0.25) is 0 Å². The van der Waals surface area contributed by atoms with E-state index in [-0.39, 0.29) is 11.3 Å². The molecule has 0 spiro atoms. The molecule has 0 aromatic carbocycles. The maximum absolute atomic E-state index is 12.4. The van der Waals surface area contributed by atoms with Crippen LogP contribution in [0, 0.1) is 0 Å². The van der Waals surface area contributed by atoms with Crippen molar-refractivity contribution in [2.45, 2.75) is 31.7 Å². The van der Waals surface area contributed by atoms with Crippen molar-refractivity contribution in [2.75, 3.05) is 13.1 Å². The van der Waals surface area contributed by atoms with E-state index >= 15 is 0 Å². The first-order chi connectivity index (χ1) is 9.67. The van der Waals surface area contributed by atoms with E-state index in [0.29, 0.717) is 6.54 Å². The highest BCUT2D eigenvalue weighted by atomic mass is 16.2. The summed E-state index contributed by atoms with van der Waals surface area (Å²) in [5.41, 5.74) is 1.08. The Morgan fingerprint density at radius 2 is 2.40 bits per heavy atom. The summed E-state index contributed by atoms with van der Waals surface area (Å²) in [6, 6.07) is 2.00. The third kappa shape index (κ3) is 2.45. The zero-order chi connectivity index (χ0) is 14.0. The third-order valence-electron chi connectivity index (χ3n) is 4.08. The molecule has 1 amide bonds.